The summed E-state index contributed by atoms with van der Waals surface area (Å²) in [5.74, 6) is 0. The molecule has 0 bridgehead atoms. The Morgan fingerprint density at radius 1 is 1.00 bits per heavy atom. The number of hydrogen-bond donors (Lipinski definition) is 3. The molecule has 25 heavy (non-hydrogen) atoms. The van der Waals surface area contributed by atoms with Gasteiger partial charge in [-0.15, -0.1) is 0 Å². The summed E-state index contributed by atoms with van der Waals surface area (Å²) < 4.78 is 5.86. The molecule has 2 aromatic rings. The van der Waals surface area contributed by atoms with E-state index < -0.39 is 18.3 Å². The normalized spacial score (nSPS) is 32.8. The van der Waals surface area contributed by atoms with E-state index in [4.69, 9.17) is 4.74 Å². The summed E-state index contributed by atoms with van der Waals surface area (Å²) in [7, 11) is 0. The zero-order valence-corrected chi connectivity index (χ0v) is 14.2. The van der Waals surface area contributed by atoms with E-state index in [1.807, 2.05) is 17.0 Å². The van der Waals surface area contributed by atoms with E-state index in [0.29, 0.717) is 19.6 Å². The van der Waals surface area contributed by atoms with Crippen molar-refractivity contribution in [1.29, 1.82) is 0 Å². The quantitative estimate of drug-likeness (QED) is 0.780. The molecule has 2 aliphatic rings. The molecule has 2 saturated heterocycles. The van der Waals surface area contributed by atoms with Crippen LogP contribution in [0.4, 0.5) is 0 Å². The Labute approximate surface area is 147 Å². The summed E-state index contributed by atoms with van der Waals surface area (Å²) in [6.07, 6.45) is -0.823. The molecule has 2 heterocycles. The first-order valence-corrected chi connectivity index (χ1v) is 9.00. The first-order chi connectivity index (χ1) is 12.1. The number of nitrogens with zero attached hydrogens (tertiary/aromatic N) is 1. The molecule has 4 rings (SSSR count). The zero-order valence-electron chi connectivity index (χ0n) is 14.2. The second kappa shape index (κ2) is 7.02. The van der Waals surface area contributed by atoms with Gasteiger partial charge in [0.05, 0.1) is 43.6 Å². The number of aliphatic hydroxyl groups is 3. The van der Waals surface area contributed by atoms with Gasteiger partial charge in [0.25, 0.3) is 0 Å². The van der Waals surface area contributed by atoms with Gasteiger partial charge in [-0.25, -0.2) is 0 Å². The monoisotopic (exact) mass is 343 g/mol. The Kier molecular flexibility index (Phi) is 4.75. The van der Waals surface area contributed by atoms with Gasteiger partial charge in [-0.1, -0.05) is 36.4 Å². The fraction of sp³-hybridized carbons (Fsp3) is 0.500. The van der Waals surface area contributed by atoms with E-state index >= 15 is 0 Å². The van der Waals surface area contributed by atoms with Crippen LogP contribution in [0.5, 0.6) is 0 Å². The third-order valence-corrected chi connectivity index (χ3v) is 5.58. The number of fused-ring (bicyclic) bond motifs is 2. The van der Waals surface area contributed by atoms with Crippen molar-refractivity contribution in [3.05, 3.63) is 48.0 Å². The summed E-state index contributed by atoms with van der Waals surface area (Å²) in [6.45, 7) is 1.58. The van der Waals surface area contributed by atoms with Crippen molar-refractivity contribution in [2.24, 2.45) is 0 Å². The van der Waals surface area contributed by atoms with Crippen molar-refractivity contribution in [2.45, 2.75) is 49.8 Å². The van der Waals surface area contributed by atoms with E-state index in [1.165, 1.54) is 10.8 Å². The first kappa shape index (κ1) is 16.9. The zero-order chi connectivity index (χ0) is 17.4. The molecule has 0 saturated carbocycles. The van der Waals surface area contributed by atoms with E-state index in [1.54, 1.807) is 0 Å². The smallest absolute Gasteiger partial charge is 0.0995 e. The number of aliphatic hydroxyl groups excluding tert-OH is 3. The van der Waals surface area contributed by atoms with Crippen LogP contribution in [0.3, 0.4) is 0 Å². The third kappa shape index (κ3) is 3.18. The largest absolute Gasteiger partial charge is 0.391 e. The van der Waals surface area contributed by atoms with Crippen LogP contribution < -0.4 is 0 Å². The molecule has 0 aromatic heterocycles. The SMILES string of the molecule is O[C@@H]1[C@H](O)[C@H](COCc2ccc3ccccc3c2)N2CCC[C@@H](O)[C@H]12. The van der Waals surface area contributed by atoms with Crippen molar-refractivity contribution >= 4 is 10.8 Å². The van der Waals surface area contributed by atoms with Crippen molar-refractivity contribution in [2.75, 3.05) is 13.2 Å². The molecule has 0 amide bonds. The van der Waals surface area contributed by atoms with Gasteiger partial charge in [0.15, 0.2) is 0 Å². The van der Waals surface area contributed by atoms with Gasteiger partial charge in [0.2, 0.25) is 0 Å². The summed E-state index contributed by atoms with van der Waals surface area (Å²) >= 11 is 0. The highest BCUT2D eigenvalue weighted by molar-refractivity contribution is 5.82. The van der Waals surface area contributed by atoms with Gasteiger partial charge < -0.3 is 20.1 Å². The Bertz CT molecular complexity index is 736. The molecule has 3 N–H and O–H groups in total. The molecule has 0 spiro atoms. The lowest BCUT2D eigenvalue weighted by Crippen LogP contribution is -2.51. The molecule has 5 heteroatoms. The highest BCUT2D eigenvalue weighted by Crippen LogP contribution is 2.32. The lowest BCUT2D eigenvalue weighted by atomic mass is 9.97. The molecule has 5 nitrogen and oxygen atoms in total. The summed E-state index contributed by atoms with van der Waals surface area (Å²) in [6, 6.07) is 13.8. The molecule has 2 aliphatic heterocycles. The van der Waals surface area contributed by atoms with Crippen LogP contribution in [-0.4, -0.2) is 63.8 Å². The van der Waals surface area contributed by atoms with Crippen LogP contribution in [0.15, 0.2) is 42.5 Å². The van der Waals surface area contributed by atoms with Crippen LogP contribution >= 0.6 is 0 Å². The Morgan fingerprint density at radius 2 is 1.80 bits per heavy atom. The summed E-state index contributed by atoms with van der Waals surface area (Å²) in [4.78, 5) is 2.02. The van der Waals surface area contributed by atoms with Gasteiger partial charge in [-0.2, -0.15) is 0 Å². The van der Waals surface area contributed by atoms with Crippen LogP contribution in [0.25, 0.3) is 10.8 Å². The predicted molar refractivity (Wildman–Crippen MR) is 95.1 cm³/mol. The molecular weight excluding hydrogens is 318 g/mol. The van der Waals surface area contributed by atoms with E-state index in [2.05, 4.69) is 30.3 Å². The average molecular weight is 343 g/mol. The molecular formula is C20H25NO4. The third-order valence-electron chi connectivity index (χ3n) is 5.58. The van der Waals surface area contributed by atoms with Crippen LogP contribution in [0.1, 0.15) is 18.4 Å². The van der Waals surface area contributed by atoms with Crippen molar-refractivity contribution in [3.8, 4) is 0 Å². The van der Waals surface area contributed by atoms with Crippen LogP contribution in [-0.2, 0) is 11.3 Å². The lowest BCUT2D eigenvalue weighted by molar-refractivity contribution is -0.0322. The topological polar surface area (TPSA) is 73.2 Å². The number of piperidine rings is 1. The van der Waals surface area contributed by atoms with Crippen molar-refractivity contribution in [3.63, 3.8) is 0 Å². The molecule has 0 radical (unpaired) electrons. The van der Waals surface area contributed by atoms with Gasteiger partial charge >= 0.3 is 0 Å². The van der Waals surface area contributed by atoms with E-state index in [0.717, 1.165) is 18.5 Å². The fourth-order valence-electron chi connectivity index (χ4n) is 4.28. The molecule has 134 valence electrons. The molecule has 0 aliphatic carbocycles. The summed E-state index contributed by atoms with van der Waals surface area (Å²) in [5, 5.41) is 33.1. The molecule has 0 unspecified atom stereocenters. The van der Waals surface area contributed by atoms with Crippen LogP contribution in [0, 0.1) is 0 Å². The lowest BCUT2D eigenvalue weighted by Gasteiger charge is -2.37. The number of rotatable bonds is 4. The minimum Gasteiger partial charge on any atom is -0.391 e. The second-order valence-electron chi connectivity index (χ2n) is 7.18. The first-order valence-electron chi connectivity index (χ1n) is 9.00. The van der Waals surface area contributed by atoms with Crippen LogP contribution in [0.2, 0.25) is 0 Å². The molecule has 2 fully saturated rings. The predicted octanol–water partition coefficient (Wildman–Crippen LogP) is 1.29. The fourth-order valence-corrected chi connectivity index (χ4v) is 4.28. The van der Waals surface area contributed by atoms with Crippen molar-refractivity contribution in [1.82, 2.24) is 4.90 Å². The highest BCUT2D eigenvalue weighted by atomic mass is 16.5. The standard InChI is InChI=1S/C20H25NO4/c22-17-6-3-9-21-16(19(23)20(24)18(17)21)12-25-11-13-7-8-14-4-1-2-5-15(14)10-13/h1-2,4-5,7-8,10,16-20,22-24H,3,6,9,11-12H2/t16-,17+,18+,19+,20-/m0/s1. The maximum absolute atomic E-state index is 10.4. The average Bonchev–Trinajstić information content (AvgIpc) is 2.87. The highest BCUT2D eigenvalue weighted by Gasteiger charge is 2.51. The number of hydrogen-bond acceptors (Lipinski definition) is 5. The number of ether oxygens (including phenoxy) is 1. The van der Waals surface area contributed by atoms with Crippen molar-refractivity contribution < 1.29 is 20.1 Å². The Morgan fingerprint density at radius 3 is 2.64 bits per heavy atom. The van der Waals surface area contributed by atoms with Gasteiger partial charge in [-0.3, -0.25) is 4.90 Å². The van der Waals surface area contributed by atoms with E-state index in [-0.39, 0.29) is 12.1 Å². The van der Waals surface area contributed by atoms with Gasteiger partial charge in [0, 0.05) is 0 Å². The Hall–Kier alpha value is -1.50. The van der Waals surface area contributed by atoms with Gasteiger partial charge in [0.1, 0.15) is 0 Å². The molecule has 5 atom stereocenters. The van der Waals surface area contributed by atoms with E-state index in [9.17, 15) is 15.3 Å². The maximum Gasteiger partial charge on any atom is 0.0995 e. The maximum atomic E-state index is 10.4. The number of benzene rings is 2. The Balaban J connectivity index is 1.40. The minimum absolute atomic E-state index is 0.268. The second-order valence-corrected chi connectivity index (χ2v) is 7.18. The minimum atomic E-state index is -0.912. The van der Waals surface area contributed by atoms with Gasteiger partial charge in [-0.05, 0) is 41.8 Å². The summed E-state index contributed by atoms with van der Waals surface area (Å²) in [5.41, 5.74) is 1.09. The molecule has 2 aromatic carbocycles.